The Morgan fingerprint density at radius 3 is 2.71 bits per heavy atom. The van der Waals surface area contributed by atoms with Crippen LogP contribution in [0.4, 0.5) is 0 Å². The molecule has 1 fully saturated rings. The van der Waals surface area contributed by atoms with E-state index in [1.165, 1.54) is 0 Å². The minimum absolute atomic E-state index is 0.139. The summed E-state index contributed by atoms with van der Waals surface area (Å²) in [5.74, 6) is 0.252. The fraction of sp³-hybridized carbons (Fsp3) is 0.538. The van der Waals surface area contributed by atoms with Gasteiger partial charge in [0.15, 0.2) is 0 Å². The Hall–Kier alpha value is -1.16. The van der Waals surface area contributed by atoms with E-state index in [2.05, 4.69) is 4.98 Å². The number of carbonyl (C=O) groups excluding carboxylic acids is 1. The predicted molar refractivity (Wildman–Crippen MR) is 68.6 cm³/mol. The number of nitrogens with zero attached hydrogens (tertiary/aromatic N) is 1. The lowest BCUT2D eigenvalue weighted by atomic mass is 9.96. The van der Waals surface area contributed by atoms with Gasteiger partial charge in [0.2, 0.25) is 0 Å². The molecule has 1 aromatic rings. The van der Waals surface area contributed by atoms with Gasteiger partial charge in [0.1, 0.15) is 13.6 Å². The van der Waals surface area contributed by atoms with Crippen LogP contribution in [0, 0.1) is 6.92 Å². The summed E-state index contributed by atoms with van der Waals surface area (Å²) in [7, 11) is 5.57. The normalized spacial score (nSPS) is 19.5. The topological polar surface area (TPSA) is 39.2 Å². The Morgan fingerprint density at radius 2 is 2.12 bits per heavy atom. The number of aromatic nitrogens is 1. The lowest BCUT2D eigenvalue weighted by Crippen LogP contribution is -2.21. The van der Waals surface area contributed by atoms with Crippen LogP contribution in [0.15, 0.2) is 12.1 Å². The van der Waals surface area contributed by atoms with Crippen molar-refractivity contribution in [1.29, 1.82) is 0 Å². The average Bonchev–Trinajstić information content (AvgIpc) is 2.31. The maximum absolute atomic E-state index is 11.3. The lowest BCUT2D eigenvalue weighted by Gasteiger charge is -2.23. The Balaban J connectivity index is 0.000000686. The number of aryl methyl sites for hydroxylation is 1. The van der Waals surface area contributed by atoms with Gasteiger partial charge in [0.25, 0.3) is 0 Å². The number of ketones is 1. The number of rotatable bonds is 1. The molecule has 3 nitrogen and oxygen atoms in total. The highest BCUT2D eigenvalue weighted by molar-refractivity contribution is 6.30. The molecule has 1 saturated heterocycles. The third-order valence-corrected chi connectivity index (χ3v) is 2.61. The van der Waals surface area contributed by atoms with E-state index in [1.807, 2.05) is 26.8 Å². The summed E-state index contributed by atoms with van der Waals surface area (Å²) in [5, 5.41) is 0. The van der Waals surface area contributed by atoms with Crippen LogP contribution in [0.1, 0.15) is 44.1 Å². The van der Waals surface area contributed by atoms with Gasteiger partial charge in [0.05, 0.1) is 12.7 Å². The van der Waals surface area contributed by atoms with Crippen LogP contribution in [0.5, 0.6) is 0 Å². The van der Waals surface area contributed by atoms with Gasteiger partial charge in [-0.15, -0.1) is 0 Å². The van der Waals surface area contributed by atoms with Gasteiger partial charge in [-0.2, -0.15) is 0 Å². The first-order valence-electron chi connectivity index (χ1n) is 6.03. The number of hydrogen-bond donors (Lipinski definition) is 0. The molecule has 1 aromatic heterocycles. The second-order valence-electron chi connectivity index (χ2n) is 3.76. The van der Waals surface area contributed by atoms with Gasteiger partial charge < -0.3 is 4.74 Å². The molecular formula is C13H18BNO2. The number of ether oxygens (including phenoxy) is 1. The molecule has 0 N–H and O–H groups in total. The van der Waals surface area contributed by atoms with Crippen molar-refractivity contribution in [2.24, 2.45) is 0 Å². The summed E-state index contributed by atoms with van der Waals surface area (Å²) in [4.78, 5) is 15.5. The largest absolute Gasteiger partial charge is 0.373 e. The predicted octanol–water partition coefficient (Wildman–Crippen LogP) is 1.63. The molecule has 1 aliphatic rings. The quantitative estimate of drug-likeness (QED) is 0.689. The van der Waals surface area contributed by atoms with Crippen molar-refractivity contribution in [2.75, 3.05) is 6.61 Å². The van der Waals surface area contributed by atoms with Crippen LogP contribution in [-0.2, 0) is 9.53 Å². The molecule has 17 heavy (non-hydrogen) atoms. The number of hydrogen-bond acceptors (Lipinski definition) is 3. The van der Waals surface area contributed by atoms with Gasteiger partial charge in [-0.25, -0.2) is 0 Å². The van der Waals surface area contributed by atoms with Crippen molar-refractivity contribution < 1.29 is 9.53 Å². The summed E-state index contributed by atoms with van der Waals surface area (Å²) in [6, 6.07) is 3.63. The SMILES string of the molecule is CC.[B]c1ccc(C2CC(=O)CCO2)c(C)n1. The molecule has 2 heterocycles. The van der Waals surface area contributed by atoms with E-state index < -0.39 is 0 Å². The molecule has 90 valence electrons. The van der Waals surface area contributed by atoms with Gasteiger partial charge in [-0.05, 0) is 12.5 Å². The highest BCUT2D eigenvalue weighted by Gasteiger charge is 2.23. The number of Topliss-reactive ketones (excluding diaryl/α,β-unsaturated/α-hetero) is 1. The summed E-state index contributed by atoms with van der Waals surface area (Å²) < 4.78 is 5.55. The van der Waals surface area contributed by atoms with Crippen LogP contribution in [0.2, 0.25) is 0 Å². The molecular weight excluding hydrogens is 213 g/mol. The average molecular weight is 231 g/mol. The van der Waals surface area contributed by atoms with E-state index in [4.69, 9.17) is 12.6 Å². The van der Waals surface area contributed by atoms with E-state index >= 15 is 0 Å². The Bertz CT molecular complexity index is 393. The highest BCUT2D eigenvalue weighted by Crippen LogP contribution is 2.26. The molecule has 4 heteroatoms. The zero-order valence-corrected chi connectivity index (χ0v) is 10.7. The van der Waals surface area contributed by atoms with Gasteiger partial charge in [0, 0.05) is 24.1 Å². The van der Waals surface area contributed by atoms with E-state index in [9.17, 15) is 4.79 Å². The number of carbonyl (C=O) groups is 1. The zero-order valence-electron chi connectivity index (χ0n) is 10.7. The number of pyridine rings is 1. The summed E-state index contributed by atoms with van der Waals surface area (Å²) in [5.41, 5.74) is 2.31. The summed E-state index contributed by atoms with van der Waals surface area (Å²) in [6.07, 6.45) is 0.837. The molecule has 1 atom stereocenters. The Morgan fingerprint density at radius 1 is 1.41 bits per heavy atom. The second kappa shape index (κ2) is 6.55. The first-order valence-corrected chi connectivity index (χ1v) is 6.03. The fourth-order valence-electron chi connectivity index (χ4n) is 1.81. The van der Waals surface area contributed by atoms with Crippen molar-refractivity contribution in [3.05, 3.63) is 23.4 Å². The third kappa shape index (κ3) is 3.67. The second-order valence-corrected chi connectivity index (χ2v) is 3.76. The zero-order chi connectivity index (χ0) is 12.8. The molecule has 0 spiro atoms. The van der Waals surface area contributed by atoms with Crippen molar-refractivity contribution in [3.8, 4) is 0 Å². The molecule has 1 unspecified atom stereocenters. The van der Waals surface area contributed by atoms with Crippen molar-refractivity contribution >= 4 is 19.2 Å². The molecule has 2 radical (unpaired) electrons. The van der Waals surface area contributed by atoms with Crippen LogP contribution in [0.25, 0.3) is 0 Å². The van der Waals surface area contributed by atoms with Gasteiger partial charge >= 0.3 is 0 Å². The van der Waals surface area contributed by atoms with Crippen LogP contribution >= 0.6 is 0 Å². The monoisotopic (exact) mass is 231 g/mol. The van der Waals surface area contributed by atoms with Gasteiger partial charge in [-0.1, -0.05) is 26.0 Å². The summed E-state index contributed by atoms with van der Waals surface area (Å²) in [6.45, 7) is 6.39. The highest BCUT2D eigenvalue weighted by atomic mass is 16.5. The smallest absolute Gasteiger partial charge is 0.141 e. The molecule has 0 bridgehead atoms. The first kappa shape index (κ1) is 13.9. The van der Waals surface area contributed by atoms with Gasteiger partial charge in [-0.3, -0.25) is 9.78 Å². The summed E-state index contributed by atoms with van der Waals surface area (Å²) >= 11 is 0. The maximum atomic E-state index is 11.3. The Labute approximate surface area is 104 Å². The van der Waals surface area contributed by atoms with Crippen LogP contribution in [-0.4, -0.2) is 25.2 Å². The van der Waals surface area contributed by atoms with E-state index in [1.54, 1.807) is 6.07 Å². The van der Waals surface area contributed by atoms with Crippen LogP contribution < -0.4 is 5.59 Å². The fourth-order valence-corrected chi connectivity index (χ4v) is 1.81. The lowest BCUT2D eigenvalue weighted by molar-refractivity contribution is -0.128. The molecule has 0 aliphatic carbocycles. The molecule has 1 aliphatic heterocycles. The molecule has 0 amide bonds. The molecule has 0 aromatic carbocycles. The first-order chi connectivity index (χ1) is 8.16. The standard InChI is InChI=1S/C11H12BNO2.C2H6/c1-7-9(2-3-11(12)13-7)10-6-8(14)4-5-15-10;1-2/h2-3,10H,4-6H2,1H3;1-2H3. The minimum atomic E-state index is -0.139. The minimum Gasteiger partial charge on any atom is -0.373 e. The van der Waals surface area contributed by atoms with Crippen LogP contribution in [0.3, 0.4) is 0 Å². The van der Waals surface area contributed by atoms with Crippen molar-refractivity contribution in [3.63, 3.8) is 0 Å². The molecule has 2 rings (SSSR count). The maximum Gasteiger partial charge on any atom is 0.141 e. The van der Waals surface area contributed by atoms with Crippen molar-refractivity contribution in [1.82, 2.24) is 4.98 Å². The van der Waals surface area contributed by atoms with E-state index in [0.29, 0.717) is 25.0 Å². The third-order valence-electron chi connectivity index (χ3n) is 2.61. The van der Waals surface area contributed by atoms with Crippen molar-refractivity contribution in [2.45, 2.75) is 39.7 Å². The van der Waals surface area contributed by atoms with E-state index in [-0.39, 0.29) is 11.9 Å². The molecule has 0 saturated carbocycles. The van der Waals surface area contributed by atoms with E-state index in [0.717, 1.165) is 11.3 Å². The Kier molecular flexibility index (Phi) is 5.36.